The Hall–Kier alpha value is -1.09. The highest BCUT2D eigenvalue weighted by Crippen LogP contribution is 2.07. The number of hydrogen-bond acceptors (Lipinski definition) is 3. The van der Waals surface area contributed by atoms with Crippen LogP contribution in [0, 0.1) is 13.8 Å². The highest BCUT2D eigenvalue weighted by atomic mass is 16.4. The number of nitrogens with zero attached hydrogens (tertiary/aromatic N) is 1. The minimum atomic E-state index is 0.715. The lowest BCUT2D eigenvalue weighted by Crippen LogP contribution is -2.14. The molecule has 3 heteroatoms. The van der Waals surface area contributed by atoms with Crippen LogP contribution in [-0.4, -0.2) is 11.5 Å². The Morgan fingerprint density at radius 2 is 2.21 bits per heavy atom. The first-order chi connectivity index (χ1) is 6.74. The van der Waals surface area contributed by atoms with Gasteiger partial charge in [0.1, 0.15) is 5.76 Å². The van der Waals surface area contributed by atoms with Crippen LogP contribution >= 0.6 is 0 Å². The quantitative estimate of drug-likeness (QED) is 0.577. The number of aryl methyl sites for hydroxylation is 2. The van der Waals surface area contributed by atoms with E-state index >= 15 is 0 Å². The number of aromatic nitrogens is 1. The van der Waals surface area contributed by atoms with E-state index in [-0.39, 0.29) is 0 Å². The fourth-order valence-electron chi connectivity index (χ4n) is 1.16. The van der Waals surface area contributed by atoms with Crippen LogP contribution in [0.25, 0.3) is 0 Å². The van der Waals surface area contributed by atoms with Gasteiger partial charge in [-0.15, -0.1) is 0 Å². The van der Waals surface area contributed by atoms with E-state index in [0.29, 0.717) is 6.54 Å². The van der Waals surface area contributed by atoms with Crippen LogP contribution in [0.4, 0.5) is 0 Å². The number of rotatable bonds is 5. The summed E-state index contributed by atoms with van der Waals surface area (Å²) in [4.78, 5) is 4.28. The van der Waals surface area contributed by atoms with Gasteiger partial charge in [-0.1, -0.05) is 12.2 Å². The molecule has 0 aliphatic carbocycles. The normalized spacial score (nSPS) is 11.4. The summed E-state index contributed by atoms with van der Waals surface area (Å²) in [5, 5.41) is 3.27. The third-order valence-electron chi connectivity index (χ3n) is 2.07. The molecule has 0 atom stereocenters. The van der Waals surface area contributed by atoms with Gasteiger partial charge >= 0.3 is 0 Å². The minimum absolute atomic E-state index is 0.715. The summed E-state index contributed by atoms with van der Waals surface area (Å²) in [5.41, 5.74) is 0.982. The number of oxazole rings is 1. The number of nitrogens with one attached hydrogen (secondary N) is 1. The molecule has 0 aliphatic heterocycles. The second-order valence-electron chi connectivity index (χ2n) is 3.28. The highest BCUT2D eigenvalue weighted by Gasteiger charge is 2.03. The van der Waals surface area contributed by atoms with E-state index in [1.54, 1.807) is 0 Å². The molecule has 1 rings (SSSR count). The smallest absolute Gasteiger partial charge is 0.208 e. The first kappa shape index (κ1) is 11.0. The van der Waals surface area contributed by atoms with Crippen LogP contribution in [0.2, 0.25) is 0 Å². The van der Waals surface area contributed by atoms with E-state index in [1.807, 2.05) is 20.8 Å². The molecule has 0 unspecified atom stereocenters. The van der Waals surface area contributed by atoms with E-state index in [2.05, 4.69) is 22.5 Å². The summed E-state index contributed by atoms with van der Waals surface area (Å²) in [6, 6.07) is 0. The molecule has 0 saturated heterocycles. The zero-order valence-electron chi connectivity index (χ0n) is 9.13. The Morgan fingerprint density at radius 1 is 1.43 bits per heavy atom. The molecule has 0 amide bonds. The standard InChI is InChI=1S/C11H18N2O/c1-4-5-6-7-12-8-11-13-9(2)10(3)14-11/h4-5,12H,6-8H2,1-3H3/b5-4+. The molecule has 1 heterocycles. The third-order valence-corrected chi connectivity index (χ3v) is 2.07. The second kappa shape index (κ2) is 5.60. The van der Waals surface area contributed by atoms with Crippen molar-refractivity contribution in [2.24, 2.45) is 0 Å². The average molecular weight is 194 g/mol. The lowest BCUT2D eigenvalue weighted by Gasteiger charge is -1.97. The summed E-state index contributed by atoms with van der Waals surface area (Å²) in [6.07, 6.45) is 5.25. The first-order valence-electron chi connectivity index (χ1n) is 4.99. The monoisotopic (exact) mass is 194 g/mol. The topological polar surface area (TPSA) is 38.1 Å². The molecule has 0 radical (unpaired) electrons. The molecule has 1 aromatic rings. The fraction of sp³-hybridized carbons (Fsp3) is 0.545. The molecule has 0 bridgehead atoms. The molecule has 0 aromatic carbocycles. The van der Waals surface area contributed by atoms with Gasteiger partial charge in [0.05, 0.1) is 12.2 Å². The van der Waals surface area contributed by atoms with E-state index in [4.69, 9.17) is 4.42 Å². The molecule has 0 aliphatic rings. The molecule has 0 spiro atoms. The third kappa shape index (κ3) is 3.34. The molecule has 1 N–H and O–H groups in total. The van der Waals surface area contributed by atoms with E-state index in [0.717, 1.165) is 30.3 Å². The van der Waals surface area contributed by atoms with Crippen LogP contribution in [-0.2, 0) is 6.54 Å². The highest BCUT2D eigenvalue weighted by molar-refractivity contribution is 5.05. The second-order valence-corrected chi connectivity index (χ2v) is 3.28. The molecule has 14 heavy (non-hydrogen) atoms. The van der Waals surface area contributed by atoms with Gasteiger partial charge in [0.25, 0.3) is 0 Å². The van der Waals surface area contributed by atoms with Crippen molar-refractivity contribution in [1.29, 1.82) is 0 Å². The summed E-state index contributed by atoms with van der Waals surface area (Å²) < 4.78 is 5.43. The summed E-state index contributed by atoms with van der Waals surface area (Å²) >= 11 is 0. The zero-order chi connectivity index (χ0) is 10.4. The lowest BCUT2D eigenvalue weighted by atomic mass is 10.4. The summed E-state index contributed by atoms with van der Waals surface area (Å²) in [7, 11) is 0. The van der Waals surface area contributed by atoms with Crippen LogP contribution in [0.3, 0.4) is 0 Å². The van der Waals surface area contributed by atoms with Crippen molar-refractivity contribution in [2.75, 3.05) is 6.54 Å². The Bertz CT molecular complexity index is 283. The summed E-state index contributed by atoms with van der Waals surface area (Å²) in [5.74, 6) is 1.69. The minimum Gasteiger partial charge on any atom is -0.444 e. The maximum absolute atomic E-state index is 5.43. The lowest BCUT2D eigenvalue weighted by molar-refractivity contribution is 0.450. The van der Waals surface area contributed by atoms with Gasteiger partial charge in [0, 0.05) is 0 Å². The van der Waals surface area contributed by atoms with Crippen molar-refractivity contribution in [1.82, 2.24) is 10.3 Å². The largest absolute Gasteiger partial charge is 0.444 e. The van der Waals surface area contributed by atoms with Gasteiger partial charge in [0.15, 0.2) is 0 Å². The van der Waals surface area contributed by atoms with Crippen LogP contribution < -0.4 is 5.32 Å². The van der Waals surface area contributed by atoms with Gasteiger partial charge in [-0.3, -0.25) is 0 Å². The van der Waals surface area contributed by atoms with E-state index in [9.17, 15) is 0 Å². The Balaban J connectivity index is 2.24. The van der Waals surface area contributed by atoms with Crippen LogP contribution in [0.5, 0.6) is 0 Å². The fourth-order valence-corrected chi connectivity index (χ4v) is 1.16. The van der Waals surface area contributed by atoms with E-state index in [1.165, 1.54) is 0 Å². The SMILES string of the molecule is C/C=C/CCNCc1nc(C)c(C)o1. The predicted molar refractivity (Wildman–Crippen MR) is 57.1 cm³/mol. The van der Waals surface area contributed by atoms with Crippen LogP contribution in [0.15, 0.2) is 16.6 Å². The molecule has 3 nitrogen and oxygen atoms in total. The molecule has 1 aromatic heterocycles. The van der Waals surface area contributed by atoms with Gasteiger partial charge in [-0.05, 0) is 33.7 Å². The molecule has 0 fully saturated rings. The van der Waals surface area contributed by atoms with Gasteiger partial charge in [-0.25, -0.2) is 4.98 Å². The molecular formula is C11H18N2O. The zero-order valence-corrected chi connectivity index (χ0v) is 9.13. The average Bonchev–Trinajstić information content (AvgIpc) is 2.46. The molecule has 78 valence electrons. The first-order valence-corrected chi connectivity index (χ1v) is 4.99. The van der Waals surface area contributed by atoms with Gasteiger partial charge in [0.2, 0.25) is 5.89 Å². The Labute approximate surface area is 85.2 Å². The van der Waals surface area contributed by atoms with Gasteiger partial charge in [-0.2, -0.15) is 0 Å². The molecule has 0 saturated carbocycles. The van der Waals surface area contributed by atoms with Crippen LogP contribution in [0.1, 0.15) is 30.7 Å². The predicted octanol–water partition coefficient (Wildman–Crippen LogP) is 2.35. The molecular weight excluding hydrogens is 176 g/mol. The van der Waals surface area contributed by atoms with Gasteiger partial charge < -0.3 is 9.73 Å². The number of allylic oxidation sites excluding steroid dienone is 1. The Morgan fingerprint density at radius 3 is 2.79 bits per heavy atom. The van der Waals surface area contributed by atoms with Crippen molar-refractivity contribution < 1.29 is 4.42 Å². The van der Waals surface area contributed by atoms with Crippen molar-refractivity contribution >= 4 is 0 Å². The van der Waals surface area contributed by atoms with Crippen molar-refractivity contribution in [3.63, 3.8) is 0 Å². The summed E-state index contributed by atoms with van der Waals surface area (Å²) in [6.45, 7) is 7.60. The maximum Gasteiger partial charge on any atom is 0.208 e. The van der Waals surface area contributed by atoms with E-state index < -0.39 is 0 Å². The van der Waals surface area contributed by atoms with Crippen molar-refractivity contribution in [2.45, 2.75) is 33.7 Å². The maximum atomic E-state index is 5.43. The van der Waals surface area contributed by atoms with Crippen molar-refractivity contribution in [3.8, 4) is 0 Å². The van der Waals surface area contributed by atoms with Crippen molar-refractivity contribution in [3.05, 3.63) is 29.5 Å². The Kier molecular flexibility index (Phi) is 4.40. The number of hydrogen-bond donors (Lipinski definition) is 1.